The third-order valence-corrected chi connectivity index (χ3v) is 5.42. The Bertz CT molecular complexity index is 1130. The molecule has 0 radical (unpaired) electrons. The topological polar surface area (TPSA) is 83.5 Å². The van der Waals surface area contributed by atoms with E-state index in [2.05, 4.69) is 30.9 Å². The Morgan fingerprint density at radius 2 is 1.73 bits per heavy atom. The number of aliphatic imine (C=N–C) groups is 1. The molecule has 0 unspecified atom stereocenters. The van der Waals surface area contributed by atoms with Gasteiger partial charge < -0.3 is 15.4 Å². The molecule has 172 valence electrons. The van der Waals surface area contributed by atoms with Crippen LogP contribution in [0.25, 0.3) is 0 Å². The second-order valence-electron chi connectivity index (χ2n) is 7.44. The summed E-state index contributed by atoms with van der Waals surface area (Å²) in [5.41, 5.74) is 4.53. The van der Waals surface area contributed by atoms with E-state index in [0.29, 0.717) is 28.6 Å². The van der Waals surface area contributed by atoms with Crippen LogP contribution in [0, 0.1) is 20.8 Å². The van der Waals surface area contributed by atoms with E-state index in [9.17, 15) is 0 Å². The molecule has 3 rings (SSSR count). The summed E-state index contributed by atoms with van der Waals surface area (Å²) in [7, 11) is 1.65. The summed E-state index contributed by atoms with van der Waals surface area (Å²) in [5.74, 6) is 1.71. The van der Waals surface area contributed by atoms with Crippen molar-refractivity contribution in [3.8, 4) is 5.75 Å². The van der Waals surface area contributed by atoms with Gasteiger partial charge in [-0.1, -0.05) is 35.9 Å². The van der Waals surface area contributed by atoms with Gasteiger partial charge in [0.25, 0.3) is 0 Å². The predicted octanol–water partition coefficient (Wildman–Crippen LogP) is 5.06. The van der Waals surface area contributed by atoms with E-state index in [0.717, 1.165) is 40.4 Å². The summed E-state index contributed by atoms with van der Waals surface area (Å²) < 4.78 is 5.21. The summed E-state index contributed by atoms with van der Waals surface area (Å²) in [6, 6.07) is 15.5. The van der Waals surface area contributed by atoms with Crippen LogP contribution >= 0.6 is 23.8 Å². The van der Waals surface area contributed by atoms with Gasteiger partial charge in [0.15, 0.2) is 5.11 Å². The number of ether oxygens (including phenoxy) is 1. The molecule has 7 nitrogen and oxygen atoms in total. The Morgan fingerprint density at radius 1 is 1.03 bits per heavy atom. The van der Waals surface area contributed by atoms with Gasteiger partial charge in [0.2, 0.25) is 11.9 Å². The number of rotatable bonds is 6. The number of aromatic nitrogens is 2. The Balaban J connectivity index is 1.73. The first-order chi connectivity index (χ1) is 15.8. The van der Waals surface area contributed by atoms with Gasteiger partial charge in [0.1, 0.15) is 5.75 Å². The van der Waals surface area contributed by atoms with Gasteiger partial charge in [-0.15, -0.1) is 0 Å². The van der Waals surface area contributed by atoms with Gasteiger partial charge in [-0.05, 0) is 74.8 Å². The molecule has 0 aliphatic rings. The number of methoxy groups -OCH3 is 1. The number of guanidine groups is 1. The highest BCUT2D eigenvalue weighted by Crippen LogP contribution is 2.24. The second kappa shape index (κ2) is 11.6. The molecule has 0 spiro atoms. The molecular weight excluding hydrogens is 456 g/mol. The van der Waals surface area contributed by atoms with Crippen molar-refractivity contribution < 1.29 is 4.74 Å². The minimum atomic E-state index is 0.350. The molecule has 2 aromatic carbocycles. The summed E-state index contributed by atoms with van der Waals surface area (Å²) in [5, 5.41) is 10.3. The highest BCUT2D eigenvalue weighted by atomic mass is 35.5. The monoisotopic (exact) mass is 482 g/mol. The van der Waals surface area contributed by atoms with Crippen molar-refractivity contribution in [2.45, 2.75) is 27.2 Å². The maximum absolute atomic E-state index is 6.39. The van der Waals surface area contributed by atoms with Gasteiger partial charge in [0.05, 0.1) is 17.8 Å². The lowest BCUT2D eigenvalue weighted by molar-refractivity contribution is 0.414. The lowest BCUT2D eigenvalue weighted by Gasteiger charge is -2.15. The SMILES string of the molecule is COc1ccc(CCN=C(NC(=S)Nc2cccc(C)c2Cl)Nc2nc(C)cc(C)n2)cc1. The van der Waals surface area contributed by atoms with Crippen LogP contribution < -0.4 is 20.7 Å². The van der Waals surface area contributed by atoms with E-state index < -0.39 is 0 Å². The number of benzene rings is 2. The summed E-state index contributed by atoms with van der Waals surface area (Å²) in [6.07, 6.45) is 0.744. The van der Waals surface area contributed by atoms with Gasteiger partial charge in [-0.2, -0.15) is 0 Å². The third-order valence-electron chi connectivity index (χ3n) is 4.71. The van der Waals surface area contributed by atoms with Crippen molar-refractivity contribution in [3.05, 3.63) is 76.1 Å². The Hall–Kier alpha value is -3.23. The fourth-order valence-corrected chi connectivity index (χ4v) is 3.47. The van der Waals surface area contributed by atoms with Crippen molar-refractivity contribution in [2.75, 3.05) is 24.3 Å². The fourth-order valence-electron chi connectivity index (χ4n) is 3.09. The average molecular weight is 483 g/mol. The predicted molar refractivity (Wildman–Crippen MR) is 140 cm³/mol. The largest absolute Gasteiger partial charge is 0.497 e. The lowest BCUT2D eigenvalue weighted by atomic mass is 10.1. The highest BCUT2D eigenvalue weighted by molar-refractivity contribution is 7.80. The van der Waals surface area contributed by atoms with E-state index in [1.807, 2.05) is 69.3 Å². The zero-order valence-electron chi connectivity index (χ0n) is 19.1. The Labute approximate surface area is 204 Å². The number of aryl methyl sites for hydroxylation is 3. The molecule has 33 heavy (non-hydrogen) atoms. The number of nitrogens with one attached hydrogen (secondary N) is 3. The van der Waals surface area contributed by atoms with Crippen LogP contribution in [0.5, 0.6) is 5.75 Å². The van der Waals surface area contributed by atoms with Crippen LogP contribution in [0.15, 0.2) is 53.5 Å². The molecule has 0 saturated heterocycles. The average Bonchev–Trinajstić information content (AvgIpc) is 2.76. The molecule has 1 heterocycles. The minimum absolute atomic E-state index is 0.350. The zero-order valence-corrected chi connectivity index (χ0v) is 20.6. The molecule has 0 bridgehead atoms. The quantitative estimate of drug-likeness (QED) is 0.257. The van der Waals surface area contributed by atoms with Crippen LogP contribution in [0.4, 0.5) is 11.6 Å². The molecule has 0 fully saturated rings. The molecule has 0 atom stereocenters. The van der Waals surface area contributed by atoms with Crippen molar-refractivity contribution in [1.82, 2.24) is 15.3 Å². The first-order valence-corrected chi connectivity index (χ1v) is 11.2. The van der Waals surface area contributed by atoms with E-state index >= 15 is 0 Å². The van der Waals surface area contributed by atoms with Crippen molar-refractivity contribution >= 4 is 46.5 Å². The van der Waals surface area contributed by atoms with Crippen LogP contribution in [0.3, 0.4) is 0 Å². The molecule has 0 saturated carbocycles. The zero-order chi connectivity index (χ0) is 23.8. The van der Waals surface area contributed by atoms with Gasteiger partial charge >= 0.3 is 0 Å². The fraction of sp³-hybridized carbons (Fsp3) is 0.250. The molecule has 1 aromatic heterocycles. The molecular formula is C24H27ClN6OS. The van der Waals surface area contributed by atoms with E-state index in [4.69, 9.17) is 28.6 Å². The van der Waals surface area contributed by atoms with E-state index in [-0.39, 0.29) is 0 Å². The number of thiocarbonyl (C=S) groups is 1. The van der Waals surface area contributed by atoms with Crippen LogP contribution in [0.1, 0.15) is 22.5 Å². The number of hydrogen-bond donors (Lipinski definition) is 3. The molecule has 3 N–H and O–H groups in total. The number of hydrogen-bond acceptors (Lipinski definition) is 5. The van der Waals surface area contributed by atoms with Crippen LogP contribution in [-0.2, 0) is 6.42 Å². The lowest BCUT2D eigenvalue weighted by Crippen LogP contribution is -2.39. The standard InChI is InChI=1S/C24H27ClN6OS/c1-15-6-5-7-20(21(15)25)29-24(33)31-22(30-23-27-16(2)14-17(3)28-23)26-13-12-18-8-10-19(32-4)11-9-18/h5-11,14H,12-13H2,1-4H3,(H3,26,27,28,29,30,31,33). The Kier molecular flexibility index (Phi) is 8.57. The maximum atomic E-state index is 6.39. The summed E-state index contributed by atoms with van der Waals surface area (Å²) >= 11 is 11.9. The highest BCUT2D eigenvalue weighted by Gasteiger charge is 2.09. The molecule has 0 aliphatic heterocycles. The summed E-state index contributed by atoms with van der Waals surface area (Å²) in [4.78, 5) is 13.5. The second-order valence-corrected chi connectivity index (χ2v) is 8.23. The van der Waals surface area contributed by atoms with Crippen LogP contribution in [0.2, 0.25) is 5.02 Å². The number of anilines is 2. The van der Waals surface area contributed by atoms with Gasteiger partial charge in [-0.3, -0.25) is 10.3 Å². The van der Waals surface area contributed by atoms with Crippen molar-refractivity contribution in [3.63, 3.8) is 0 Å². The molecule has 0 aliphatic carbocycles. The van der Waals surface area contributed by atoms with Crippen LogP contribution in [-0.4, -0.2) is 34.7 Å². The van der Waals surface area contributed by atoms with E-state index in [1.165, 1.54) is 0 Å². The van der Waals surface area contributed by atoms with E-state index in [1.54, 1.807) is 7.11 Å². The van der Waals surface area contributed by atoms with Gasteiger partial charge in [-0.25, -0.2) is 9.97 Å². The first-order valence-electron chi connectivity index (χ1n) is 10.4. The normalized spacial score (nSPS) is 11.1. The molecule has 9 heteroatoms. The molecule has 3 aromatic rings. The van der Waals surface area contributed by atoms with Gasteiger partial charge in [0, 0.05) is 17.9 Å². The third kappa shape index (κ3) is 7.40. The first kappa shape index (κ1) is 24.4. The summed E-state index contributed by atoms with van der Waals surface area (Å²) in [6.45, 7) is 6.30. The maximum Gasteiger partial charge on any atom is 0.229 e. The molecule has 0 amide bonds. The van der Waals surface area contributed by atoms with Crippen molar-refractivity contribution in [1.29, 1.82) is 0 Å². The smallest absolute Gasteiger partial charge is 0.229 e. The number of nitrogens with zero attached hydrogens (tertiary/aromatic N) is 3. The minimum Gasteiger partial charge on any atom is -0.497 e. The Morgan fingerprint density at radius 3 is 2.39 bits per heavy atom. The number of halogens is 1. The van der Waals surface area contributed by atoms with Crippen molar-refractivity contribution in [2.24, 2.45) is 4.99 Å².